The number of aromatic nitrogens is 7. The number of nitrogens with one attached hydrogen (secondary N) is 2. The summed E-state index contributed by atoms with van der Waals surface area (Å²) in [5.41, 5.74) is 12.8. The molecule has 0 spiro atoms. The standard InChI is InChI=1S/C25H26N10/c26-15-13-35(14-15)21-12-27-11-19(28-21)16-7-8-18-23(29-16)24(33-32-18)25-30-17-5-4-6-20(22(17)31-25)34-9-2-1-3-10-34/h4-8,11-12,15H,1-3,9-10,13-14,26H2,(H,30,31)(H,32,33). The number of anilines is 2. The van der Waals surface area contributed by atoms with Gasteiger partial charge in [0.25, 0.3) is 0 Å². The second kappa shape index (κ2) is 8.02. The van der Waals surface area contributed by atoms with E-state index in [1.807, 2.05) is 12.1 Å². The predicted octanol–water partition coefficient (Wildman–Crippen LogP) is 3.10. The minimum Gasteiger partial charge on any atom is -0.370 e. The first-order valence-electron chi connectivity index (χ1n) is 12.1. The Morgan fingerprint density at radius 2 is 1.71 bits per heavy atom. The van der Waals surface area contributed by atoms with Crippen LogP contribution in [0.3, 0.4) is 0 Å². The predicted molar refractivity (Wildman–Crippen MR) is 136 cm³/mol. The average molecular weight is 467 g/mol. The van der Waals surface area contributed by atoms with E-state index in [1.54, 1.807) is 12.4 Å². The Hall–Kier alpha value is -4.05. The quantitative estimate of drug-likeness (QED) is 0.369. The molecule has 4 N–H and O–H groups in total. The number of benzene rings is 1. The molecule has 6 heterocycles. The van der Waals surface area contributed by atoms with Gasteiger partial charge in [0, 0.05) is 32.2 Å². The first-order valence-corrected chi connectivity index (χ1v) is 12.1. The summed E-state index contributed by atoms with van der Waals surface area (Å²) in [5, 5.41) is 7.66. The van der Waals surface area contributed by atoms with E-state index in [4.69, 9.17) is 20.7 Å². The number of nitrogens with zero attached hydrogens (tertiary/aromatic N) is 7. The molecule has 10 heteroatoms. The number of nitrogens with two attached hydrogens (primary N) is 1. The summed E-state index contributed by atoms with van der Waals surface area (Å²) in [6, 6.07) is 10.4. The van der Waals surface area contributed by atoms with E-state index in [0.29, 0.717) is 17.2 Å². The van der Waals surface area contributed by atoms with Gasteiger partial charge >= 0.3 is 0 Å². The van der Waals surface area contributed by atoms with E-state index in [9.17, 15) is 0 Å². The fraction of sp³-hybridized carbons (Fsp3) is 0.320. The fourth-order valence-corrected chi connectivity index (χ4v) is 5.06. The van der Waals surface area contributed by atoms with Crippen LogP contribution in [0.15, 0.2) is 42.7 Å². The van der Waals surface area contributed by atoms with Gasteiger partial charge in [-0.05, 0) is 43.5 Å². The summed E-state index contributed by atoms with van der Waals surface area (Å²) in [7, 11) is 0. The topological polar surface area (TPSA) is 129 Å². The maximum atomic E-state index is 5.93. The van der Waals surface area contributed by atoms with Gasteiger partial charge in [-0.1, -0.05) is 6.07 Å². The number of imidazole rings is 1. The minimum atomic E-state index is 0.197. The van der Waals surface area contributed by atoms with Crippen molar-refractivity contribution in [2.45, 2.75) is 25.3 Å². The van der Waals surface area contributed by atoms with E-state index in [2.05, 4.69) is 48.2 Å². The zero-order valence-corrected chi connectivity index (χ0v) is 19.3. The Labute approximate surface area is 201 Å². The van der Waals surface area contributed by atoms with Gasteiger partial charge in [-0.15, -0.1) is 0 Å². The Bertz CT molecular complexity index is 1520. The molecule has 176 valence electrons. The molecule has 4 aromatic heterocycles. The van der Waals surface area contributed by atoms with Crippen LogP contribution in [0.25, 0.3) is 45.0 Å². The molecule has 0 aliphatic carbocycles. The van der Waals surface area contributed by atoms with Crippen LogP contribution in [0.4, 0.5) is 11.5 Å². The highest BCUT2D eigenvalue weighted by molar-refractivity contribution is 5.95. The molecular weight excluding hydrogens is 440 g/mol. The number of H-pyrrole nitrogens is 2. The van der Waals surface area contributed by atoms with Crippen LogP contribution in [0, 0.1) is 0 Å². The number of pyridine rings is 1. The summed E-state index contributed by atoms with van der Waals surface area (Å²) >= 11 is 0. The lowest BCUT2D eigenvalue weighted by Gasteiger charge is -2.37. The zero-order valence-electron chi connectivity index (χ0n) is 19.3. The van der Waals surface area contributed by atoms with Crippen LogP contribution >= 0.6 is 0 Å². The number of fused-ring (bicyclic) bond motifs is 2. The summed E-state index contributed by atoms with van der Waals surface area (Å²) in [4.78, 5) is 27.1. The first-order chi connectivity index (χ1) is 17.2. The van der Waals surface area contributed by atoms with Crippen molar-refractivity contribution in [2.24, 2.45) is 5.73 Å². The molecule has 0 bridgehead atoms. The lowest BCUT2D eigenvalue weighted by Crippen LogP contribution is -2.56. The number of aromatic amines is 2. The molecular formula is C25H26N10. The first kappa shape index (κ1) is 20.3. The summed E-state index contributed by atoms with van der Waals surface area (Å²) in [6.07, 6.45) is 7.25. The second-order valence-corrected chi connectivity index (χ2v) is 9.40. The average Bonchev–Trinajstić information content (AvgIpc) is 3.51. The third kappa shape index (κ3) is 3.48. The largest absolute Gasteiger partial charge is 0.370 e. The molecule has 2 aliphatic heterocycles. The van der Waals surface area contributed by atoms with Crippen molar-refractivity contribution in [1.29, 1.82) is 0 Å². The zero-order chi connectivity index (χ0) is 23.4. The molecule has 2 aliphatic rings. The second-order valence-electron chi connectivity index (χ2n) is 9.40. The minimum absolute atomic E-state index is 0.197. The van der Waals surface area contributed by atoms with E-state index in [0.717, 1.165) is 59.8 Å². The Balaban J connectivity index is 1.28. The van der Waals surface area contributed by atoms with Crippen LogP contribution in [0.1, 0.15) is 19.3 Å². The molecule has 0 atom stereocenters. The Morgan fingerprint density at radius 3 is 2.57 bits per heavy atom. The van der Waals surface area contributed by atoms with Gasteiger partial charge in [0.1, 0.15) is 22.5 Å². The molecule has 2 fully saturated rings. The van der Waals surface area contributed by atoms with Gasteiger partial charge < -0.3 is 20.5 Å². The number of hydrogen-bond donors (Lipinski definition) is 3. The number of para-hydroxylation sites is 1. The maximum Gasteiger partial charge on any atom is 0.161 e. The van der Waals surface area contributed by atoms with Gasteiger partial charge in [-0.2, -0.15) is 5.10 Å². The molecule has 5 aromatic rings. The third-order valence-electron chi connectivity index (χ3n) is 6.94. The van der Waals surface area contributed by atoms with Crippen molar-refractivity contribution in [1.82, 2.24) is 35.1 Å². The molecule has 0 radical (unpaired) electrons. The summed E-state index contributed by atoms with van der Waals surface area (Å²) in [5.74, 6) is 1.52. The third-order valence-corrected chi connectivity index (χ3v) is 6.94. The molecule has 0 saturated carbocycles. The molecule has 0 unspecified atom stereocenters. The monoisotopic (exact) mass is 466 g/mol. The van der Waals surface area contributed by atoms with Crippen LogP contribution in [-0.2, 0) is 0 Å². The van der Waals surface area contributed by atoms with Crippen molar-refractivity contribution in [3.8, 4) is 22.9 Å². The van der Waals surface area contributed by atoms with Crippen LogP contribution in [-0.4, -0.2) is 67.3 Å². The molecule has 2 saturated heterocycles. The van der Waals surface area contributed by atoms with E-state index in [-0.39, 0.29) is 6.04 Å². The highest BCUT2D eigenvalue weighted by Crippen LogP contribution is 2.32. The van der Waals surface area contributed by atoms with Gasteiger partial charge in [-0.25, -0.2) is 15.0 Å². The normalized spacial score (nSPS) is 16.8. The summed E-state index contributed by atoms with van der Waals surface area (Å²) in [6.45, 7) is 3.73. The molecule has 0 amide bonds. The summed E-state index contributed by atoms with van der Waals surface area (Å²) < 4.78 is 0. The van der Waals surface area contributed by atoms with Crippen molar-refractivity contribution in [3.05, 3.63) is 42.7 Å². The van der Waals surface area contributed by atoms with Crippen molar-refractivity contribution in [3.63, 3.8) is 0 Å². The van der Waals surface area contributed by atoms with Crippen molar-refractivity contribution in [2.75, 3.05) is 36.0 Å². The van der Waals surface area contributed by atoms with Gasteiger partial charge in [0.05, 0.1) is 34.8 Å². The van der Waals surface area contributed by atoms with Crippen molar-refractivity contribution >= 4 is 33.6 Å². The fourth-order valence-electron chi connectivity index (χ4n) is 5.06. The molecule has 10 nitrogen and oxygen atoms in total. The van der Waals surface area contributed by atoms with Gasteiger partial charge in [-0.3, -0.25) is 10.1 Å². The smallest absolute Gasteiger partial charge is 0.161 e. The lowest BCUT2D eigenvalue weighted by molar-refractivity contribution is 0.514. The van der Waals surface area contributed by atoms with E-state index in [1.165, 1.54) is 24.9 Å². The number of piperidine rings is 1. The Morgan fingerprint density at radius 1 is 0.829 bits per heavy atom. The van der Waals surface area contributed by atoms with E-state index < -0.39 is 0 Å². The van der Waals surface area contributed by atoms with Crippen LogP contribution < -0.4 is 15.5 Å². The highest BCUT2D eigenvalue weighted by atomic mass is 15.3. The van der Waals surface area contributed by atoms with Crippen LogP contribution in [0.5, 0.6) is 0 Å². The van der Waals surface area contributed by atoms with Crippen molar-refractivity contribution < 1.29 is 0 Å². The van der Waals surface area contributed by atoms with Gasteiger partial charge in [0.15, 0.2) is 11.5 Å². The number of rotatable bonds is 4. The van der Waals surface area contributed by atoms with E-state index >= 15 is 0 Å². The van der Waals surface area contributed by atoms with Crippen LogP contribution in [0.2, 0.25) is 0 Å². The molecule has 1 aromatic carbocycles. The highest BCUT2D eigenvalue weighted by Gasteiger charge is 2.25. The Kier molecular flexibility index (Phi) is 4.66. The molecule has 35 heavy (non-hydrogen) atoms. The number of hydrogen-bond acceptors (Lipinski definition) is 8. The lowest BCUT2D eigenvalue weighted by atomic mass is 10.1. The maximum absolute atomic E-state index is 5.93. The molecule has 7 rings (SSSR count). The SMILES string of the molecule is NC1CN(c2cncc(-c3ccc4[nH]nc(-c5nc6c(N7CCCCC7)cccc6[nH]5)c4n3)n2)C1. The van der Waals surface area contributed by atoms with Gasteiger partial charge in [0.2, 0.25) is 0 Å².